The highest BCUT2D eigenvalue weighted by Crippen LogP contribution is 2.23. The van der Waals surface area contributed by atoms with Crippen molar-refractivity contribution in [3.8, 4) is 0 Å². The number of rotatable bonds is 6. The summed E-state index contributed by atoms with van der Waals surface area (Å²) in [4.78, 5) is 12.6. The lowest BCUT2D eigenvalue weighted by atomic mass is 10.2. The summed E-state index contributed by atoms with van der Waals surface area (Å²) in [7, 11) is 0. The predicted molar refractivity (Wildman–Crippen MR) is 108 cm³/mol. The molecule has 1 N–H and O–H groups in total. The van der Waals surface area contributed by atoms with Gasteiger partial charge in [-0.05, 0) is 56.0 Å². The van der Waals surface area contributed by atoms with Crippen LogP contribution in [0.5, 0.6) is 0 Å². The quantitative estimate of drug-likeness (QED) is 0.523. The van der Waals surface area contributed by atoms with E-state index in [1.54, 1.807) is 21.8 Å². The fourth-order valence-corrected chi connectivity index (χ4v) is 3.36. The van der Waals surface area contributed by atoms with Crippen LogP contribution in [0.1, 0.15) is 24.9 Å². The lowest BCUT2D eigenvalue weighted by Crippen LogP contribution is -2.26. The Hall–Kier alpha value is -1.64. The molecule has 9 heteroatoms. The van der Waals surface area contributed by atoms with Gasteiger partial charge in [-0.1, -0.05) is 30.7 Å². The normalized spacial score (nSPS) is 12.2. The Morgan fingerprint density at radius 3 is 2.62 bits per heavy atom. The van der Waals surface area contributed by atoms with E-state index in [-0.39, 0.29) is 5.91 Å². The number of halogens is 3. The summed E-state index contributed by atoms with van der Waals surface area (Å²) < 4.78 is 4.94. The minimum absolute atomic E-state index is 0.166. The first-order valence-corrected chi connectivity index (χ1v) is 9.90. The number of hydrogen-bond donors (Lipinski definition) is 1. The van der Waals surface area contributed by atoms with Gasteiger partial charge >= 0.3 is 0 Å². The molecule has 3 aromatic rings. The molecule has 3 rings (SSSR count). The van der Waals surface area contributed by atoms with Crippen LogP contribution in [0.15, 0.2) is 51.8 Å². The number of amides is 1. The maximum Gasteiger partial charge on any atom is 0.250 e. The van der Waals surface area contributed by atoms with Crippen LogP contribution in [0, 0.1) is 0 Å². The number of carbonyl (C=O) groups excluding carboxylic acids is 1. The van der Waals surface area contributed by atoms with Crippen LogP contribution in [-0.2, 0) is 11.3 Å². The molecule has 0 aliphatic heterocycles. The summed E-state index contributed by atoms with van der Waals surface area (Å²) in [6.45, 7) is 2.52. The van der Waals surface area contributed by atoms with Gasteiger partial charge in [-0.25, -0.2) is 0 Å². The molecule has 1 atom stereocenters. The topological polar surface area (TPSA) is 64.7 Å². The van der Waals surface area contributed by atoms with Gasteiger partial charge in [-0.15, -0.1) is 0 Å². The minimum Gasteiger partial charge on any atom is -0.306 e. The first-order valence-electron chi connectivity index (χ1n) is 7.94. The van der Waals surface area contributed by atoms with E-state index in [9.17, 15) is 4.79 Å². The molecule has 0 radical (unpaired) electrons. The van der Waals surface area contributed by atoms with Crippen LogP contribution >= 0.6 is 43.5 Å². The number of aromatic nitrogens is 4. The molecule has 26 heavy (non-hydrogen) atoms. The number of nitrogens with one attached hydrogen (secondary N) is 1. The Bertz CT molecular complexity index is 906. The van der Waals surface area contributed by atoms with Crippen molar-refractivity contribution in [2.45, 2.75) is 25.9 Å². The number of benzene rings is 1. The molecule has 0 fully saturated rings. The van der Waals surface area contributed by atoms with Crippen LogP contribution in [0.4, 0.5) is 5.82 Å². The lowest BCUT2D eigenvalue weighted by molar-refractivity contribution is -0.119. The molecule has 6 nitrogen and oxygen atoms in total. The van der Waals surface area contributed by atoms with Crippen molar-refractivity contribution in [2.75, 3.05) is 5.32 Å². The Morgan fingerprint density at radius 1 is 1.27 bits per heavy atom. The molecule has 0 aliphatic carbocycles. The maximum absolute atomic E-state index is 12.6. The summed E-state index contributed by atoms with van der Waals surface area (Å²) in [5.41, 5.74) is 1.06. The summed E-state index contributed by atoms with van der Waals surface area (Å²) in [5.74, 6) is 0.314. The second-order valence-electron chi connectivity index (χ2n) is 5.70. The van der Waals surface area contributed by atoms with Crippen molar-refractivity contribution in [1.82, 2.24) is 19.6 Å². The smallest absolute Gasteiger partial charge is 0.250 e. The number of carbonyl (C=O) groups is 1. The Kier molecular flexibility index (Phi) is 6.16. The fourth-order valence-electron chi connectivity index (χ4n) is 2.52. The highest BCUT2D eigenvalue weighted by atomic mass is 79.9. The summed E-state index contributed by atoms with van der Waals surface area (Å²) in [5, 5.41) is 12.2. The van der Waals surface area contributed by atoms with Crippen molar-refractivity contribution in [3.05, 3.63) is 62.4 Å². The van der Waals surface area contributed by atoms with Gasteiger partial charge in [0, 0.05) is 17.4 Å². The van der Waals surface area contributed by atoms with Crippen molar-refractivity contribution in [1.29, 1.82) is 0 Å². The maximum atomic E-state index is 12.6. The molecule has 0 bridgehead atoms. The highest BCUT2D eigenvalue weighted by Gasteiger charge is 2.21. The van der Waals surface area contributed by atoms with Crippen LogP contribution in [0.25, 0.3) is 0 Å². The molecule has 0 saturated heterocycles. The van der Waals surface area contributed by atoms with Gasteiger partial charge in [-0.2, -0.15) is 10.2 Å². The van der Waals surface area contributed by atoms with Gasteiger partial charge in [0.05, 0.1) is 21.7 Å². The molecule has 0 spiro atoms. The van der Waals surface area contributed by atoms with E-state index >= 15 is 0 Å². The van der Waals surface area contributed by atoms with Gasteiger partial charge in [0.25, 0.3) is 0 Å². The van der Waals surface area contributed by atoms with Crippen molar-refractivity contribution in [2.24, 2.45) is 0 Å². The first-order chi connectivity index (χ1) is 12.5. The largest absolute Gasteiger partial charge is 0.306 e. The number of nitrogens with zero attached hydrogens (tertiary/aromatic N) is 4. The van der Waals surface area contributed by atoms with E-state index in [2.05, 4.69) is 47.4 Å². The second kappa shape index (κ2) is 8.37. The standard InChI is InChI=1S/C17H16Br2ClN5O/c1-2-15(25-9-12(18)7-21-25)17(26)22-16-14(19)10-24(23-16)8-11-3-5-13(20)6-4-11/h3-7,9-10,15H,2,8H2,1H3,(H,22,23,26). The second-order valence-corrected chi connectivity index (χ2v) is 7.91. The fraction of sp³-hybridized carbons (Fsp3) is 0.235. The van der Waals surface area contributed by atoms with E-state index in [0.29, 0.717) is 23.8 Å². The van der Waals surface area contributed by atoms with E-state index in [1.165, 1.54) is 0 Å². The third-order valence-electron chi connectivity index (χ3n) is 3.80. The molecule has 136 valence electrons. The molecule has 1 amide bonds. The van der Waals surface area contributed by atoms with Gasteiger partial charge in [-0.3, -0.25) is 14.2 Å². The highest BCUT2D eigenvalue weighted by molar-refractivity contribution is 9.10. The van der Waals surface area contributed by atoms with E-state index in [0.717, 1.165) is 14.5 Å². The van der Waals surface area contributed by atoms with Crippen LogP contribution in [0.3, 0.4) is 0 Å². The van der Waals surface area contributed by atoms with E-state index < -0.39 is 6.04 Å². The molecule has 1 aromatic carbocycles. The Labute approximate surface area is 172 Å². The van der Waals surface area contributed by atoms with Crippen molar-refractivity contribution >= 4 is 55.2 Å². The zero-order chi connectivity index (χ0) is 18.7. The van der Waals surface area contributed by atoms with E-state index in [4.69, 9.17) is 11.6 Å². The van der Waals surface area contributed by atoms with Gasteiger partial charge in [0.1, 0.15) is 6.04 Å². The third-order valence-corrected chi connectivity index (χ3v) is 5.04. The molecule has 1 unspecified atom stereocenters. The summed E-state index contributed by atoms with van der Waals surface area (Å²) >= 11 is 12.7. The zero-order valence-corrected chi connectivity index (χ0v) is 17.8. The Balaban J connectivity index is 1.72. The minimum atomic E-state index is -0.408. The molecular weight excluding hydrogens is 485 g/mol. The monoisotopic (exact) mass is 499 g/mol. The number of hydrogen-bond acceptors (Lipinski definition) is 3. The van der Waals surface area contributed by atoms with E-state index in [1.807, 2.05) is 37.4 Å². The average Bonchev–Trinajstić information content (AvgIpc) is 3.17. The van der Waals surface area contributed by atoms with Crippen LogP contribution < -0.4 is 5.32 Å². The van der Waals surface area contributed by atoms with Gasteiger partial charge in [0.2, 0.25) is 5.91 Å². The van der Waals surface area contributed by atoms with Gasteiger partial charge < -0.3 is 5.32 Å². The average molecular weight is 502 g/mol. The molecule has 2 heterocycles. The van der Waals surface area contributed by atoms with Crippen LogP contribution in [-0.4, -0.2) is 25.5 Å². The molecule has 2 aromatic heterocycles. The van der Waals surface area contributed by atoms with Crippen LogP contribution in [0.2, 0.25) is 5.02 Å². The number of anilines is 1. The summed E-state index contributed by atoms with van der Waals surface area (Å²) in [6.07, 6.45) is 5.88. The van der Waals surface area contributed by atoms with Crippen molar-refractivity contribution in [3.63, 3.8) is 0 Å². The lowest BCUT2D eigenvalue weighted by Gasteiger charge is -2.14. The first kappa shape index (κ1) is 19.1. The molecule has 0 aliphatic rings. The van der Waals surface area contributed by atoms with Crippen molar-refractivity contribution < 1.29 is 4.79 Å². The molecular formula is C17H16Br2ClN5O. The van der Waals surface area contributed by atoms with Gasteiger partial charge in [0.15, 0.2) is 5.82 Å². The Morgan fingerprint density at radius 2 is 2.00 bits per heavy atom. The SMILES string of the molecule is CCC(C(=O)Nc1nn(Cc2ccc(Cl)cc2)cc1Br)n1cc(Br)cn1. The predicted octanol–water partition coefficient (Wildman–Crippen LogP) is 4.90. The third kappa shape index (κ3) is 4.55. The summed E-state index contributed by atoms with van der Waals surface area (Å²) in [6, 6.07) is 7.16. The molecule has 0 saturated carbocycles. The zero-order valence-electron chi connectivity index (χ0n) is 13.9.